The molecule has 0 aliphatic rings. The lowest BCUT2D eigenvalue weighted by atomic mass is 10.1. The van der Waals surface area contributed by atoms with Crippen molar-refractivity contribution in [2.45, 2.75) is 13.8 Å². The van der Waals surface area contributed by atoms with Gasteiger partial charge in [0.1, 0.15) is 27.9 Å². The van der Waals surface area contributed by atoms with Gasteiger partial charge in [0.05, 0.1) is 13.3 Å². The maximum absolute atomic E-state index is 9.45. The van der Waals surface area contributed by atoms with Crippen LogP contribution in [-0.4, -0.2) is 32.1 Å². The van der Waals surface area contributed by atoms with E-state index in [4.69, 9.17) is 9.72 Å². The third-order valence-corrected chi connectivity index (χ3v) is 4.83. The molecule has 0 saturated carbocycles. The number of rotatable bonds is 4. The normalized spacial score (nSPS) is 10.7. The van der Waals surface area contributed by atoms with Crippen LogP contribution in [0.5, 0.6) is 5.75 Å². The second-order valence-corrected chi connectivity index (χ2v) is 7.02. The van der Waals surface area contributed by atoms with Crippen LogP contribution >= 0.6 is 11.3 Å². The number of ether oxygens (including phenoxy) is 1. The largest absolute Gasteiger partial charge is 0.494 e. The van der Waals surface area contributed by atoms with E-state index in [0.29, 0.717) is 28.1 Å². The van der Waals surface area contributed by atoms with Gasteiger partial charge < -0.3 is 10.1 Å². The summed E-state index contributed by atoms with van der Waals surface area (Å²) in [5.74, 6) is 1.75. The molecule has 0 aliphatic heterocycles. The Balaban J connectivity index is 1.89. The highest BCUT2D eigenvalue weighted by Crippen LogP contribution is 2.30. The Bertz CT molecular complexity index is 1190. The number of pyridine rings is 1. The average Bonchev–Trinajstić information content (AvgIpc) is 3.27. The molecule has 9 heteroatoms. The lowest BCUT2D eigenvalue weighted by Crippen LogP contribution is -2.06. The van der Waals surface area contributed by atoms with Crippen molar-refractivity contribution in [3.05, 3.63) is 46.6 Å². The van der Waals surface area contributed by atoms with Crippen LogP contribution in [0.4, 0.5) is 10.9 Å². The molecule has 8 nitrogen and oxygen atoms in total. The Morgan fingerprint density at radius 1 is 1.26 bits per heavy atom. The van der Waals surface area contributed by atoms with Crippen molar-refractivity contribution >= 4 is 33.2 Å². The van der Waals surface area contributed by atoms with E-state index in [2.05, 4.69) is 26.7 Å². The Morgan fingerprint density at radius 3 is 2.81 bits per heavy atom. The predicted octanol–water partition coefficient (Wildman–Crippen LogP) is 3.51. The van der Waals surface area contributed by atoms with Crippen LogP contribution in [0.25, 0.3) is 16.7 Å². The molecule has 0 atom stereocenters. The molecule has 0 radical (unpaired) electrons. The van der Waals surface area contributed by atoms with Crippen molar-refractivity contribution in [3.63, 3.8) is 0 Å². The Kier molecular flexibility index (Phi) is 4.18. The molecular formula is C18H15N7OS. The number of para-hydroxylation sites is 1. The zero-order valence-electron chi connectivity index (χ0n) is 14.9. The number of nitrogens with zero attached hydrogens (tertiary/aromatic N) is 6. The van der Waals surface area contributed by atoms with Crippen LogP contribution in [0.1, 0.15) is 16.1 Å². The Morgan fingerprint density at radius 2 is 2.11 bits per heavy atom. The summed E-state index contributed by atoms with van der Waals surface area (Å²) < 4.78 is 7.04. The molecule has 0 spiro atoms. The fourth-order valence-corrected chi connectivity index (χ4v) is 3.41. The van der Waals surface area contributed by atoms with Gasteiger partial charge in [0, 0.05) is 5.39 Å². The molecule has 0 fully saturated rings. The highest BCUT2D eigenvalue weighted by atomic mass is 32.1. The number of fused-ring (bicyclic) bond motifs is 1. The summed E-state index contributed by atoms with van der Waals surface area (Å²) in [6.07, 6.45) is 1.50. The van der Waals surface area contributed by atoms with Gasteiger partial charge >= 0.3 is 0 Å². The number of aromatic nitrogens is 5. The zero-order valence-corrected chi connectivity index (χ0v) is 15.7. The molecule has 0 saturated heterocycles. The third-order valence-electron chi connectivity index (χ3n) is 4.07. The third kappa shape index (κ3) is 2.96. The molecule has 1 aromatic carbocycles. The van der Waals surface area contributed by atoms with Crippen LogP contribution in [-0.2, 0) is 0 Å². The topological polar surface area (TPSA) is 102 Å². The molecule has 4 rings (SSSR count). The van der Waals surface area contributed by atoms with E-state index in [0.717, 1.165) is 21.5 Å². The van der Waals surface area contributed by atoms with Gasteiger partial charge in [-0.05, 0) is 31.5 Å². The van der Waals surface area contributed by atoms with Crippen molar-refractivity contribution in [1.29, 1.82) is 5.26 Å². The Labute approximate surface area is 159 Å². The summed E-state index contributed by atoms with van der Waals surface area (Å²) in [7, 11) is 1.62. The molecule has 27 heavy (non-hydrogen) atoms. The second kappa shape index (κ2) is 6.66. The van der Waals surface area contributed by atoms with E-state index in [-0.39, 0.29) is 0 Å². The molecule has 3 heterocycles. The molecule has 0 aliphatic carbocycles. The zero-order chi connectivity index (χ0) is 19.0. The van der Waals surface area contributed by atoms with Crippen molar-refractivity contribution in [1.82, 2.24) is 25.0 Å². The number of hydrogen-bond donors (Lipinski definition) is 1. The van der Waals surface area contributed by atoms with E-state index in [1.807, 2.05) is 38.1 Å². The highest BCUT2D eigenvalue weighted by Gasteiger charge is 2.17. The standard InChI is InChI=1S/C18H15N7OS/c1-10-7-15(21-16-13(10)5-4-6-14(16)26-3)25-17(12(8-19)9-20-25)22-18-24-23-11(2)27-18/h4-7,9H,1-3H3,(H,22,24). The molecule has 4 aromatic rings. The number of benzene rings is 1. The van der Waals surface area contributed by atoms with Crippen molar-refractivity contribution in [2.75, 3.05) is 12.4 Å². The van der Waals surface area contributed by atoms with E-state index in [1.54, 1.807) is 11.8 Å². The molecule has 3 aromatic heterocycles. The quantitative estimate of drug-likeness (QED) is 0.580. The fraction of sp³-hybridized carbons (Fsp3) is 0.167. The SMILES string of the molecule is COc1cccc2c(C)cc(-n3ncc(C#N)c3Nc3nnc(C)s3)nc12. The summed E-state index contributed by atoms with van der Waals surface area (Å²) >= 11 is 1.40. The summed E-state index contributed by atoms with van der Waals surface area (Å²) in [5.41, 5.74) is 2.16. The summed E-state index contributed by atoms with van der Waals surface area (Å²) in [5, 5.41) is 27.4. The summed E-state index contributed by atoms with van der Waals surface area (Å²) in [6.45, 7) is 3.87. The van der Waals surface area contributed by atoms with E-state index < -0.39 is 0 Å². The minimum atomic E-state index is 0.391. The van der Waals surface area contributed by atoms with Gasteiger partial charge in [-0.3, -0.25) is 0 Å². The molecule has 134 valence electrons. The molecule has 1 N–H and O–H groups in total. The number of anilines is 2. The number of methoxy groups -OCH3 is 1. The van der Waals surface area contributed by atoms with Crippen LogP contribution in [0, 0.1) is 25.2 Å². The monoisotopic (exact) mass is 377 g/mol. The molecule has 0 unspecified atom stereocenters. The average molecular weight is 377 g/mol. The number of hydrogen-bond acceptors (Lipinski definition) is 8. The first kappa shape index (κ1) is 16.9. The van der Waals surface area contributed by atoms with Crippen molar-refractivity contribution in [2.24, 2.45) is 0 Å². The summed E-state index contributed by atoms with van der Waals surface area (Å²) in [6, 6.07) is 9.86. The molecule has 0 bridgehead atoms. The van der Waals surface area contributed by atoms with Gasteiger partial charge in [-0.2, -0.15) is 15.0 Å². The van der Waals surface area contributed by atoms with Gasteiger partial charge in [-0.1, -0.05) is 23.5 Å². The Hall–Kier alpha value is -3.51. The minimum Gasteiger partial charge on any atom is -0.494 e. The van der Waals surface area contributed by atoms with Gasteiger partial charge in [0.25, 0.3) is 0 Å². The van der Waals surface area contributed by atoms with Gasteiger partial charge in [0.15, 0.2) is 11.6 Å². The fourth-order valence-electron chi connectivity index (χ4n) is 2.82. The predicted molar refractivity (Wildman–Crippen MR) is 103 cm³/mol. The first-order valence-electron chi connectivity index (χ1n) is 8.10. The van der Waals surface area contributed by atoms with Gasteiger partial charge in [-0.15, -0.1) is 10.2 Å². The lowest BCUT2D eigenvalue weighted by Gasteiger charge is -2.12. The van der Waals surface area contributed by atoms with Crippen LogP contribution < -0.4 is 10.1 Å². The second-order valence-electron chi connectivity index (χ2n) is 5.84. The van der Waals surface area contributed by atoms with E-state index in [1.165, 1.54) is 17.5 Å². The van der Waals surface area contributed by atoms with Gasteiger partial charge in [0.2, 0.25) is 5.13 Å². The van der Waals surface area contributed by atoms with E-state index in [9.17, 15) is 5.26 Å². The summed E-state index contributed by atoms with van der Waals surface area (Å²) in [4.78, 5) is 4.73. The van der Waals surface area contributed by atoms with Crippen molar-refractivity contribution < 1.29 is 4.74 Å². The van der Waals surface area contributed by atoms with E-state index >= 15 is 0 Å². The maximum atomic E-state index is 9.45. The molecule has 0 amide bonds. The number of nitriles is 1. The smallest absolute Gasteiger partial charge is 0.211 e. The number of aryl methyl sites for hydroxylation is 2. The maximum Gasteiger partial charge on any atom is 0.211 e. The lowest BCUT2D eigenvalue weighted by molar-refractivity contribution is 0.419. The van der Waals surface area contributed by atoms with Crippen LogP contribution in [0.15, 0.2) is 30.5 Å². The van der Waals surface area contributed by atoms with Gasteiger partial charge in [-0.25, -0.2) is 4.98 Å². The van der Waals surface area contributed by atoms with Crippen LogP contribution in [0.3, 0.4) is 0 Å². The van der Waals surface area contributed by atoms with Crippen molar-refractivity contribution in [3.8, 4) is 17.6 Å². The first-order valence-corrected chi connectivity index (χ1v) is 8.92. The molecular weight excluding hydrogens is 362 g/mol. The highest BCUT2D eigenvalue weighted by molar-refractivity contribution is 7.15. The van der Waals surface area contributed by atoms with Crippen LogP contribution in [0.2, 0.25) is 0 Å². The minimum absolute atomic E-state index is 0.391. The first-order chi connectivity index (χ1) is 13.1. The number of nitrogens with one attached hydrogen (secondary N) is 1.